The van der Waals surface area contributed by atoms with Gasteiger partial charge in [0.05, 0.1) is 19.5 Å². The van der Waals surface area contributed by atoms with E-state index in [9.17, 15) is 9.36 Å². The smallest absolute Gasteiger partial charge is 0.319 e. The lowest BCUT2D eigenvalue weighted by Crippen LogP contribution is -1.94. The summed E-state index contributed by atoms with van der Waals surface area (Å²) >= 11 is 0. The van der Waals surface area contributed by atoms with Crippen molar-refractivity contribution in [3.63, 3.8) is 0 Å². The maximum absolute atomic E-state index is 10.4. The normalized spacial score (nSPS) is 9.07. The van der Waals surface area contributed by atoms with E-state index in [4.69, 9.17) is 0 Å². The van der Waals surface area contributed by atoms with Crippen LogP contribution in [0.15, 0.2) is 12.8 Å². The molecule has 0 aliphatic rings. The molecule has 0 aliphatic carbocycles. The topological polar surface area (TPSA) is 61.8 Å². The molecule has 0 spiro atoms. The molecule has 0 fully saturated rings. The Hall–Kier alpha value is -0.640. The fraction of sp³-hybridized carbons (Fsp3) is 0.667. The van der Waals surface area contributed by atoms with E-state index in [0.29, 0.717) is 19.6 Å². The molecule has 5 nitrogen and oxygen atoms in total. The number of esters is 1. The van der Waals surface area contributed by atoms with Gasteiger partial charge in [-0.25, -0.2) is 0 Å². The molecule has 0 atom stereocenters. The average molecular weight is 238 g/mol. The molecule has 0 aromatic carbocycles. The SMILES string of the molecule is C=COC(=O)CC.CCO[PH](=O)OCC. The van der Waals surface area contributed by atoms with Gasteiger partial charge in [-0.2, -0.15) is 0 Å². The minimum atomic E-state index is -2.14. The summed E-state index contributed by atoms with van der Waals surface area (Å²) in [5.41, 5.74) is 0. The summed E-state index contributed by atoms with van der Waals surface area (Å²) in [4.78, 5) is 10.1. The van der Waals surface area contributed by atoms with Gasteiger partial charge in [0.1, 0.15) is 0 Å². The van der Waals surface area contributed by atoms with Crippen LogP contribution in [0.4, 0.5) is 0 Å². The fourth-order valence-corrected chi connectivity index (χ4v) is 1.01. The van der Waals surface area contributed by atoms with Gasteiger partial charge >= 0.3 is 14.2 Å². The molecule has 0 bridgehead atoms. The third kappa shape index (κ3) is 16.1. The van der Waals surface area contributed by atoms with Crippen LogP contribution in [0.2, 0.25) is 0 Å². The van der Waals surface area contributed by atoms with Crippen LogP contribution in [0, 0.1) is 0 Å². The van der Waals surface area contributed by atoms with Gasteiger partial charge in [-0.05, 0) is 13.8 Å². The van der Waals surface area contributed by atoms with Crippen molar-refractivity contribution >= 4 is 14.2 Å². The monoisotopic (exact) mass is 238 g/mol. The van der Waals surface area contributed by atoms with Crippen molar-refractivity contribution < 1.29 is 23.1 Å². The standard InChI is InChI=1S/C5H8O2.C4H11O3P/c1-3-5(6)7-4-2;1-3-6-8(5)7-4-2/h4H,2-3H2,1H3;8H,3-4H2,1-2H3. The Bertz CT molecular complexity index is 185. The van der Waals surface area contributed by atoms with Gasteiger partial charge in [0.25, 0.3) is 0 Å². The van der Waals surface area contributed by atoms with E-state index >= 15 is 0 Å². The third-order valence-electron chi connectivity index (χ3n) is 1.03. The van der Waals surface area contributed by atoms with Gasteiger partial charge < -0.3 is 13.8 Å². The molecule has 0 radical (unpaired) electrons. The molecule has 0 saturated heterocycles. The molecule has 90 valence electrons. The number of hydrogen-bond acceptors (Lipinski definition) is 5. The third-order valence-corrected chi connectivity index (χ3v) is 2.08. The van der Waals surface area contributed by atoms with Crippen LogP contribution in [0.1, 0.15) is 27.2 Å². The molecule has 0 N–H and O–H groups in total. The molecule has 0 aromatic heterocycles. The van der Waals surface area contributed by atoms with Crippen molar-refractivity contribution in [3.8, 4) is 0 Å². The Balaban J connectivity index is 0. The van der Waals surface area contributed by atoms with Crippen LogP contribution < -0.4 is 0 Å². The number of ether oxygens (including phenoxy) is 1. The number of rotatable bonds is 6. The number of hydrogen-bond donors (Lipinski definition) is 0. The van der Waals surface area contributed by atoms with E-state index in [0.717, 1.165) is 6.26 Å². The van der Waals surface area contributed by atoms with Crippen LogP contribution in [-0.4, -0.2) is 19.2 Å². The second kappa shape index (κ2) is 13.4. The first kappa shape index (κ1) is 16.8. The Morgan fingerprint density at radius 1 is 1.27 bits per heavy atom. The predicted molar refractivity (Wildman–Crippen MR) is 58.8 cm³/mol. The molecule has 0 aromatic rings. The molecule has 0 unspecified atom stereocenters. The van der Waals surface area contributed by atoms with Gasteiger partial charge in [-0.3, -0.25) is 9.36 Å². The summed E-state index contributed by atoms with van der Waals surface area (Å²) in [6.45, 7) is 9.40. The van der Waals surface area contributed by atoms with Crippen molar-refractivity contribution in [2.24, 2.45) is 0 Å². The van der Waals surface area contributed by atoms with Crippen molar-refractivity contribution in [1.29, 1.82) is 0 Å². The Morgan fingerprint density at radius 2 is 1.73 bits per heavy atom. The lowest BCUT2D eigenvalue weighted by atomic mass is 10.5. The van der Waals surface area contributed by atoms with E-state index in [1.807, 2.05) is 0 Å². The molecular weight excluding hydrogens is 219 g/mol. The maximum Gasteiger partial charge on any atom is 0.319 e. The molecule has 15 heavy (non-hydrogen) atoms. The van der Waals surface area contributed by atoms with Gasteiger partial charge in [-0.15, -0.1) is 0 Å². The van der Waals surface area contributed by atoms with Crippen LogP contribution in [-0.2, 0) is 23.1 Å². The Kier molecular flexibility index (Phi) is 14.9. The minimum absolute atomic E-state index is 0.241. The van der Waals surface area contributed by atoms with Crippen LogP contribution in [0.25, 0.3) is 0 Å². The molecule has 0 saturated carbocycles. The second-order valence-electron chi connectivity index (χ2n) is 2.13. The summed E-state index contributed by atoms with van der Waals surface area (Å²) in [7, 11) is -2.14. The zero-order valence-electron chi connectivity index (χ0n) is 9.45. The van der Waals surface area contributed by atoms with E-state index < -0.39 is 8.25 Å². The van der Waals surface area contributed by atoms with E-state index in [2.05, 4.69) is 20.4 Å². The van der Waals surface area contributed by atoms with Crippen molar-refractivity contribution in [1.82, 2.24) is 0 Å². The first-order chi connectivity index (χ1) is 7.12. The van der Waals surface area contributed by atoms with Gasteiger partial charge in [0.2, 0.25) is 0 Å². The minimum Gasteiger partial charge on any atom is -0.435 e. The zero-order valence-corrected chi connectivity index (χ0v) is 10.4. The van der Waals surface area contributed by atoms with Crippen LogP contribution >= 0.6 is 8.25 Å². The highest BCUT2D eigenvalue weighted by molar-refractivity contribution is 7.33. The Morgan fingerprint density at radius 3 is 1.93 bits per heavy atom. The molecule has 0 aliphatic heterocycles. The highest BCUT2D eigenvalue weighted by Crippen LogP contribution is 2.21. The lowest BCUT2D eigenvalue weighted by Gasteiger charge is -1.97. The van der Waals surface area contributed by atoms with Crippen molar-refractivity contribution in [3.05, 3.63) is 12.8 Å². The van der Waals surface area contributed by atoms with Gasteiger partial charge in [0, 0.05) is 6.42 Å². The van der Waals surface area contributed by atoms with Gasteiger partial charge in [-0.1, -0.05) is 13.5 Å². The summed E-state index contributed by atoms with van der Waals surface area (Å²) < 4.78 is 23.9. The number of carbonyl (C=O) groups is 1. The quantitative estimate of drug-likeness (QED) is 0.404. The zero-order chi connectivity index (χ0) is 12.1. The first-order valence-corrected chi connectivity index (χ1v) is 5.94. The van der Waals surface area contributed by atoms with Crippen LogP contribution in [0.5, 0.6) is 0 Å². The van der Waals surface area contributed by atoms with E-state index in [-0.39, 0.29) is 5.97 Å². The summed E-state index contributed by atoms with van der Waals surface area (Å²) in [6.07, 6.45) is 1.54. The number of carbonyl (C=O) groups excluding carboxylic acids is 1. The Labute approximate surface area is 91.4 Å². The average Bonchev–Trinajstić information content (AvgIpc) is 2.20. The molecule has 0 heterocycles. The molecule has 0 rings (SSSR count). The highest BCUT2D eigenvalue weighted by atomic mass is 31.1. The summed E-state index contributed by atoms with van der Waals surface area (Å²) in [5, 5.41) is 0. The maximum atomic E-state index is 10.4. The first-order valence-electron chi connectivity index (χ1n) is 4.72. The largest absolute Gasteiger partial charge is 0.435 e. The fourth-order valence-electron chi connectivity index (χ4n) is 0.454. The van der Waals surface area contributed by atoms with Gasteiger partial charge in [0.15, 0.2) is 0 Å². The van der Waals surface area contributed by atoms with E-state index in [1.54, 1.807) is 20.8 Å². The molecule has 0 amide bonds. The van der Waals surface area contributed by atoms with Crippen molar-refractivity contribution in [2.45, 2.75) is 27.2 Å². The van der Waals surface area contributed by atoms with Crippen molar-refractivity contribution in [2.75, 3.05) is 13.2 Å². The lowest BCUT2D eigenvalue weighted by molar-refractivity contribution is -0.137. The van der Waals surface area contributed by atoms with E-state index in [1.165, 1.54) is 0 Å². The van der Waals surface area contributed by atoms with Crippen LogP contribution in [0.3, 0.4) is 0 Å². The second-order valence-corrected chi connectivity index (χ2v) is 3.20. The molecular formula is C9H19O5P. The predicted octanol–water partition coefficient (Wildman–Crippen LogP) is 2.53. The molecule has 6 heteroatoms. The summed E-state index contributed by atoms with van der Waals surface area (Å²) in [5.74, 6) is -0.241. The summed E-state index contributed by atoms with van der Waals surface area (Å²) in [6, 6.07) is 0. The highest BCUT2D eigenvalue weighted by Gasteiger charge is 1.91.